The van der Waals surface area contributed by atoms with Crippen LogP contribution in [0, 0.1) is 0 Å². The van der Waals surface area contributed by atoms with Gasteiger partial charge in [0.2, 0.25) is 0 Å². The molecule has 3 rings (SSSR count). The molecular weight excluding hydrogens is 262 g/mol. The summed E-state index contributed by atoms with van der Waals surface area (Å²) in [4.78, 5) is 17.2. The zero-order chi connectivity index (χ0) is 15.0. The summed E-state index contributed by atoms with van der Waals surface area (Å²) in [7, 11) is 0. The lowest BCUT2D eigenvalue weighted by Crippen LogP contribution is -2.50. The average molecular weight is 287 g/mol. The number of carbonyl (C=O) groups is 1. The van der Waals surface area contributed by atoms with Crippen molar-refractivity contribution in [1.82, 2.24) is 9.80 Å². The molecule has 1 aromatic carbocycles. The summed E-state index contributed by atoms with van der Waals surface area (Å²) in [5.74, 6) is 0.727. The van der Waals surface area contributed by atoms with Crippen molar-refractivity contribution in [3.8, 4) is 0 Å². The first-order valence-electron chi connectivity index (χ1n) is 7.99. The van der Waals surface area contributed by atoms with Gasteiger partial charge in [-0.3, -0.25) is 9.69 Å². The Hall–Kier alpha value is -1.55. The lowest BCUT2D eigenvalue weighted by Gasteiger charge is -2.37. The lowest BCUT2D eigenvalue weighted by atomic mass is 10.0. The molecule has 2 N–H and O–H groups in total. The Morgan fingerprint density at radius 1 is 1.19 bits per heavy atom. The quantitative estimate of drug-likeness (QED) is 0.868. The average Bonchev–Trinajstić information content (AvgIpc) is 3.31. The van der Waals surface area contributed by atoms with Crippen molar-refractivity contribution >= 4 is 11.6 Å². The van der Waals surface area contributed by atoms with Crippen molar-refractivity contribution in [2.75, 3.05) is 31.9 Å². The summed E-state index contributed by atoms with van der Waals surface area (Å²) >= 11 is 0. The van der Waals surface area contributed by atoms with E-state index in [0.29, 0.717) is 12.0 Å². The molecule has 114 valence electrons. The van der Waals surface area contributed by atoms with E-state index in [0.717, 1.165) is 43.0 Å². The van der Waals surface area contributed by atoms with Gasteiger partial charge in [-0.25, -0.2) is 0 Å². The van der Waals surface area contributed by atoms with Crippen LogP contribution in [0.4, 0.5) is 5.69 Å². The second-order valence-electron chi connectivity index (χ2n) is 6.54. The molecule has 1 amide bonds. The standard InChI is InChI=1S/C17H25N3O/c1-12(2)19-7-9-20(10-8-19)17(21)15-6-5-14(18)11-16(15)13-3-4-13/h5-6,11-13H,3-4,7-10,18H2,1-2H3. The number of hydrogen-bond acceptors (Lipinski definition) is 3. The van der Waals surface area contributed by atoms with Crippen LogP contribution >= 0.6 is 0 Å². The number of piperazine rings is 1. The molecule has 0 radical (unpaired) electrons. The van der Waals surface area contributed by atoms with Crippen LogP contribution in [0.2, 0.25) is 0 Å². The smallest absolute Gasteiger partial charge is 0.254 e. The fraction of sp³-hybridized carbons (Fsp3) is 0.588. The summed E-state index contributed by atoms with van der Waals surface area (Å²) in [5, 5.41) is 0. The first-order valence-corrected chi connectivity index (χ1v) is 7.99. The monoisotopic (exact) mass is 287 g/mol. The van der Waals surface area contributed by atoms with Gasteiger partial charge in [0, 0.05) is 43.5 Å². The maximum atomic E-state index is 12.8. The highest BCUT2D eigenvalue weighted by atomic mass is 16.2. The molecule has 0 unspecified atom stereocenters. The molecule has 4 heteroatoms. The minimum Gasteiger partial charge on any atom is -0.399 e. The Balaban J connectivity index is 1.74. The summed E-state index contributed by atoms with van der Waals surface area (Å²) in [6.45, 7) is 8.01. The number of benzene rings is 1. The minimum atomic E-state index is 0.181. The Morgan fingerprint density at radius 2 is 1.86 bits per heavy atom. The van der Waals surface area contributed by atoms with E-state index < -0.39 is 0 Å². The number of carbonyl (C=O) groups excluding carboxylic acids is 1. The van der Waals surface area contributed by atoms with E-state index >= 15 is 0 Å². The zero-order valence-corrected chi connectivity index (χ0v) is 13.0. The number of anilines is 1. The first kappa shape index (κ1) is 14.4. The third-order valence-corrected chi connectivity index (χ3v) is 4.65. The van der Waals surface area contributed by atoms with E-state index in [1.54, 1.807) is 0 Å². The number of nitrogens with two attached hydrogens (primary N) is 1. The van der Waals surface area contributed by atoms with Crippen molar-refractivity contribution in [2.24, 2.45) is 0 Å². The topological polar surface area (TPSA) is 49.6 Å². The molecule has 21 heavy (non-hydrogen) atoms. The molecule has 1 aliphatic carbocycles. The predicted octanol–water partition coefficient (Wildman–Crippen LogP) is 2.31. The summed E-state index contributed by atoms with van der Waals surface area (Å²) in [5.41, 5.74) is 8.68. The van der Waals surface area contributed by atoms with E-state index in [1.807, 2.05) is 23.1 Å². The molecule has 1 saturated heterocycles. The molecule has 0 aromatic heterocycles. The Labute approximate surface area is 126 Å². The number of hydrogen-bond donors (Lipinski definition) is 1. The molecular formula is C17H25N3O. The fourth-order valence-corrected chi connectivity index (χ4v) is 3.12. The molecule has 2 fully saturated rings. The first-order chi connectivity index (χ1) is 10.1. The summed E-state index contributed by atoms with van der Waals surface area (Å²) < 4.78 is 0. The maximum Gasteiger partial charge on any atom is 0.254 e. The lowest BCUT2D eigenvalue weighted by molar-refractivity contribution is 0.0594. The molecule has 0 spiro atoms. The van der Waals surface area contributed by atoms with Gasteiger partial charge in [-0.15, -0.1) is 0 Å². The van der Waals surface area contributed by atoms with Gasteiger partial charge >= 0.3 is 0 Å². The molecule has 0 atom stereocenters. The zero-order valence-electron chi connectivity index (χ0n) is 13.0. The number of rotatable bonds is 3. The van der Waals surface area contributed by atoms with Crippen LogP contribution < -0.4 is 5.73 Å². The largest absolute Gasteiger partial charge is 0.399 e. The van der Waals surface area contributed by atoms with E-state index in [1.165, 1.54) is 12.8 Å². The van der Waals surface area contributed by atoms with Crippen molar-refractivity contribution < 1.29 is 4.79 Å². The fourth-order valence-electron chi connectivity index (χ4n) is 3.12. The number of nitrogen functional groups attached to an aromatic ring is 1. The SMILES string of the molecule is CC(C)N1CCN(C(=O)c2ccc(N)cc2C2CC2)CC1. The van der Waals surface area contributed by atoms with Gasteiger partial charge in [-0.1, -0.05) is 0 Å². The maximum absolute atomic E-state index is 12.8. The third-order valence-electron chi connectivity index (χ3n) is 4.65. The van der Waals surface area contributed by atoms with Crippen LogP contribution in [0.5, 0.6) is 0 Å². The summed E-state index contributed by atoms with van der Waals surface area (Å²) in [6, 6.07) is 6.32. The van der Waals surface area contributed by atoms with E-state index in [-0.39, 0.29) is 5.91 Å². The van der Waals surface area contributed by atoms with E-state index in [9.17, 15) is 4.79 Å². The highest BCUT2D eigenvalue weighted by Crippen LogP contribution is 2.42. The van der Waals surface area contributed by atoms with Crippen LogP contribution in [0.25, 0.3) is 0 Å². The van der Waals surface area contributed by atoms with Gasteiger partial charge in [0.25, 0.3) is 5.91 Å². The van der Waals surface area contributed by atoms with Gasteiger partial charge in [0.15, 0.2) is 0 Å². The van der Waals surface area contributed by atoms with Gasteiger partial charge in [0.1, 0.15) is 0 Å². The molecule has 0 bridgehead atoms. The second-order valence-corrected chi connectivity index (χ2v) is 6.54. The van der Waals surface area contributed by atoms with Crippen LogP contribution in [-0.4, -0.2) is 47.9 Å². The molecule has 1 aromatic rings. The Kier molecular flexibility index (Phi) is 3.89. The van der Waals surface area contributed by atoms with E-state index in [4.69, 9.17) is 5.73 Å². The Bertz CT molecular complexity index is 529. The normalized spacial score (nSPS) is 20.0. The molecule has 4 nitrogen and oxygen atoms in total. The minimum absolute atomic E-state index is 0.181. The van der Waals surface area contributed by atoms with Gasteiger partial charge < -0.3 is 10.6 Å². The highest BCUT2D eigenvalue weighted by Gasteiger charge is 2.31. The summed E-state index contributed by atoms with van der Waals surface area (Å²) in [6.07, 6.45) is 2.37. The number of amides is 1. The van der Waals surface area contributed by atoms with Gasteiger partial charge in [-0.05, 0) is 56.4 Å². The third kappa shape index (κ3) is 3.05. The second kappa shape index (κ2) is 5.68. The predicted molar refractivity (Wildman–Crippen MR) is 85.4 cm³/mol. The van der Waals surface area contributed by atoms with Crippen molar-refractivity contribution in [2.45, 2.75) is 38.6 Å². The number of nitrogens with zero attached hydrogens (tertiary/aromatic N) is 2. The van der Waals surface area contributed by atoms with Crippen LogP contribution in [0.1, 0.15) is 48.5 Å². The Morgan fingerprint density at radius 3 is 2.43 bits per heavy atom. The van der Waals surface area contributed by atoms with Crippen LogP contribution in [-0.2, 0) is 0 Å². The van der Waals surface area contributed by atoms with Crippen molar-refractivity contribution in [3.05, 3.63) is 29.3 Å². The van der Waals surface area contributed by atoms with Crippen molar-refractivity contribution in [3.63, 3.8) is 0 Å². The van der Waals surface area contributed by atoms with Crippen molar-refractivity contribution in [1.29, 1.82) is 0 Å². The highest BCUT2D eigenvalue weighted by molar-refractivity contribution is 5.96. The van der Waals surface area contributed by atoms with Crippen LogP contribution in [0.15, 0.2) is 18.2 Å². The van der Waals surface area contributed by atoms with Gasteiger partial charge in [-0.2, -0.15) is 0 Å². The van der Waals surface area contributed by atoms with E-state index in [2.05, 4.69) is 18.7 Å². The molecule has 1 heterocycles. The molecule has 1 aliphatic heterocycles. The van der Waals surface area contributed by atoms with Crippen LogP contribution in [0.3, 0.4) is 0 Å². The molecule has 1 saturated carbocycles. The van der Waals surface area contributed by atoms with Gasteiger partial charge in [0.05, 0.1) is 0 Å². The molecule has 2 aliphatic rings.